The van der Waals surface area contributed by atoms with Crippen molar-refractivity contribution < 1.29 is 14.4 Å². The van der Waals surface area contributed by atoms with Gasteiger partial charge in [0.15, 0.2) is 0 Å². The molecule has 0 radical (unpaired) electrons. The van der Waals surface area contributed by atoms with Gasteiger partial charge in [-0.25, -0.2) is 4.98 Å². The molecule has 3 N–H and O–H groups in total. The van der Waals surface area contributed by atoms with Crippen molar-refractivity contribution in [2.24, 2.45) is 0 Å². The highest BCUT2D eigenvalue weighted by Crippen LogP contribution is 2.23. The van der Waals surface area contributed by atoms with Crippen molar-refractivity contribution in [2.75, 3.05) is 17.2 Å². The Kier molecular flexibility index (Phi) is 7.16. The lowest BCUT2D eigenvalue weighted by molar-refractivity contribution is -0.136. The van der Waals surface area contributed by atoms with Crippen LogP contribution < -0.4 is 16.0 Å². The average molecular weight is 419 g/mol. The highest BCUT2D eigenvalue weighted by molar-refractivity contribution is 6.39. The fraction of sp³-hybridized carbons (Fsp3) is 0.217. The predicted molar refractivity (Wildman–Crippen MR) is 119 cm³/mol. The minimum Gasteiger partial charge on any atom is -0.347 e. The number of amides is 3. The fourth-order valence-corrected chi connectivity index (χ4v) is 3.14. The van der Waals surface area contributed by atoms with E-state index in [1.54, 1.807) is 31.3 Å². The Hall–Kier alpha value is -3.94. The predicted octanol–water partition coefficient (Wildman–Crippen LogP) is 2.50. The van der Waals surface area contributed by atoms with E-state index in [0.717, 1.165) is 11.4 Å². The van der Waals surface area contributed by atoms with Gasteiger partial charge in [-0.1, -0.05) is 36.4 Å². The largest absolute Gasteiger partial charge is 0.347 e. The number of carbonyl (C=O) groups is 3. The van der Waals surface area contributed by atoms with E-state index in [9.17, 15) is 14.4 Å². The molecule has 0 bridgehead atoms. The van der Waals surface area contributed by atoms with Crippen LogP contribution in [0.3, 0.4) is 0 Å². The molecule has 0 aliphatic carbocycles. The summed E-state index contributed by atoms with van der Waals surface area (Å²) in [5.74, 6) is -0.889. The molecule has 0 aliphatic rings. The lowest BCUT2D eigenvalue weighted by Crippen LogP contribution is -2.36. The number of benzene rings is 2. The summed E-state index contributed by atoms with van der Waals surface area (Å²) in [6.45, 7) is 4.13. The first-order valence-corrected chi connectivity index (χ1v) is 9.94. The van der Waals surface area contributed by atoms with Crippen LogP contribution in [0, 0.1) is 6.92 Å². The minimum atomic E-state index is -0.768. The minimum absolute atomic E-state index is 0.213. The zero-order chi connectivity index (χ0) is 22.2. The number of nitrogens with one attached hydrogen (secondary N) is 3. The number of carbonyl (C=O) groups excluding carboxylic acids is 3. The van der Waals surface area contributed by atoms with Crippen molar-refractivity contribution in [1.29, 1.82) is 0 Å². The molecule has 0 atom stereocenters. The van der Waals surface area contributed by atoms with Gasteiger partial charge >= 0.3 is 11.8 Å². The highest BCUT2D eigenvalue weighted by Gasteiger charge is 2.16. The third-order valence-electron chi connectivity index (χ3n) is 4.73. The Bertz CT molecular complexity index is 1080. The lowest BCUT2D eigenvalue weighted by Gasteiger charge is -2.13. The van der Waals surface area contributed by atoms with E-state index in [1.807, 2.05) is 41.1 Å². The molecule has 160 valence electrons. The monoisotopic (exact) mass is 419 g/mol. The molecule has 31 heavy (non-hydrogen) atoms. The molecule has 8 nitrogen and oxygen atoms in total. The van der Waals surface area contributed by atoms with Gasteiger partial charge in [-0.3, -0.25) is 14.4 Å². The second kappa shape index (κ2) is 10.2. The summed E-state index contributed by atoms with van der Waals surface area (Å²) in [7, 11) is 0. The molecule has 1 heterocycles. The van der Waals surface area contributed by atoms with Crippen molar-refractivity contribution >= 4 is 29.1 Å². The molecule has 0 saturated carbocycles. The first-order chi connectivity index (χ1) is 14.9. The summed E-state index contributed by atoms with van der Waals surface area (Å²) in [6, 6.07) is 15.1. The maximum absolute atomic E-state index is 12.3. The van der Waals surface area contributed by atoms with Crippen LogP contribution in [0.5, 0.6) is 0 Å². The third-order valence-corrected chi connectivity index (χ3v) is 4.73. The molecule has 0 saturated heterocycles. The van der Waals surface area contributed by atoms with Gasteiger partial charge in [0, 0.05) is 50.2 Å². The van der Waals surface area contributed by atoms with Crippen molar-refractivity contribution in [3.63, 3.8) is 0 Å². The van der Waals surface area contributed by atoms with Crippen LogP contribution in [0.25, 0.3) is 0 Å². The first kappa shape index (κ1) is 21.8. The average Bonchev–Trinajstić information content (AvgIpc) is 3.18. The van der Waals surface area contributed by atoms with Gasteiger partial charge < -0.3 is 20.5 Å². The zero-order valence-electron chi connectivity index (χ0n) is 17.5. The molecular weight excluding hydrogens is 394 g/mol. The third kappa shape index (κ3) is 6.02. The van der Waals surface area contributed by atoms with E-state index in [2.05, 4.69) is 20.9 Å². The molecular formula is C23H25N5O3. The smallest absolute Gasteiger partial charge is 0.313 e. The number of imidazole rings is 1. The molecule has 0 spiro atoms. The molecule has 0 fully saturated rings. The Morgan fingerprint density at radius 3 is 2.35 bits per heavy atom. The van der Waals surface area contributed by atoms with E-state index in [4.69, 9.17) is 0 Å². The van der Waals surface area contributed by atoms with Crippen LogP contribution in [0.4, 0.5) is 11.4 Å². The second-order valence-electron chi connectivity index (χ2n) is 7.08. The Balaban J connectivity index is 1.52. The first-order valence-electron chi connectivity index (χ1n) is 9.94. The molecule has 0 aliphatic heterocycles. The maximum atomic E-state index is 12.3. The van der Waals surface area contributed by atoms with Gasteiger partial charge in [0.05, 0.1) is 0 Å². The van der Waals surface area contributed by atoms with Crippen LogP contribution in [0.15, 0.2) is 60.9 Å². The SMILES string of the molecule is CC(=O)Nc1cccc(NC(=O)C(=O)NCCc2nccn2Cc2ccccc2)c1C. The Morgan fingerprint density at radius 2 is 1.65 bits per heavy atom. The Morgan fingerprint density at radius 1 is 0.935 bits per heavy atom. The van der Waals surface area contributed by atoms with Gasteiger partial charge in [-0.05, 0) is 30.2 Å². The van der Waals surface area contributed by atoms with Gasteiger partial charge in [0.25, 0.3) is 0 Å². The quantitative estimate of drug-likeness (QED) is 0.512. The van der Waals surface area contributed by atoms with Crippen LogP contribution in [0.2, 0.25) is 0 Å². The summed E-state index contributed by atoms with van der Waals surface area (Å²) >= 11 is 0. The van der Waals surface area contributed by atoms with Crippen LogP contribution >= 0.6 is 0 Å². The van der Waals surface area contributed by atoms with Crippen LogP contribution in [-0.2, 0) is 27.3 Å². The molecule has 0 unspecified atom stereocenters. The van der Waals surface area contributed by atoms with E-state index >= 15 is 0 Å². The summed E-state index contributed by atoms with van der Waals surface area (Å²) in [5, 5.41) is 7.90. The molecule has 3 rings (SSSR count). The molecule has 3 aromatic rings. The number of nitrogens with zero attached hydrogens (tertiary/aromatic N) is 2. The number of hydrogen-bond donors (Lipinski definition) is 3. The van der Waals surface area contributed by atoms with E-state index in [-0.39, 0.29) is 12.5 Å². The molecule has 8 heteroatoms. The number of aromatic nitrogens is 2. The van der Waals surface area contributed by atoms with Gasteiger partial charge in [-0.15, -0.1) is 0 Å². The Labute approximate surface area is 180 Å². The van der Waals surface area contributed by atoms with Crippen molar-refractivity contribution in [3.05, 3.63) is 77.9 Å². The summed E-state index contributed by atoms with van der Waals surface area (Å²) in [5.41, 5.74) is 2.87. The number of rotatable bonds is 7. The summed E-state index contributed by atoms with van der Waals surface area (Å²) in [6.07, 6.45) is 4.11. The van der Waals surface area contributed by atoms with E-state index < -0.39 is 11.8 Å². The van der Waals surface area contributed by atoms with Gasteiger partial charge in [0.1, 0.15) is 5.82 Å². The van der Waals surface area contributed by atoms with Gasteiger partial charge in [0.2, 0.25) is 5.91 Å². The lowest BCUT2D eigenvalue weighted by atomic mass is 10.1. The van der Waals surface area contributed by atoms with Crippen LogP contribution in [-0.4, -0.2) is 33.8 Å². The second-order valence-corrected chi connectivity index (χ2v) is 7.08. The zero-order valence-corrected chi connectivity index (χ0v) is 17.5. The molecule has 3 amide bonds. The fourth-order valence-electron chi connectivity index (χ4n) is 3.14. The number of hydrogen-bond acceptors (Lipinski definition) is 4. The van der Waals surface area contributed by atoms with Crippen molar-refractivity contribution in [3.8, 4) is 0 Å². The summed E-state index contributed by atoms with van der Waals surface area (Å²) < 4.78 is 2.01. The number of anilines is 2. The topological polar surface area (TPSA) is 105 Å². The standard InChI is InChI=1S/C23H25N5O3/c1-16-19(26-17(2)29)9-6-10-20(16)27-23(31)22(30)25-12-11-21-24-13-14-28(21)15-18-7-4-3-5-8-18/h3-10,13-14H,11-12,15H2,1-2H3,(H,25,30)(H,26,29)(H,27,31). The molecule has 1 aromatic heterocycles. The van der Waals surface area contributed by atoms with Gasteiger partial charge in [-0.2, -0.15) is 0 Å². The van der Waals surface area contributed by atoms with E-state index in [1.165, 1.54) is 6.92 Å². The van der Waals surface area contributed by atoms with Crippen molar-refractivity contribution in [1.82, 2.24) is 14.9 Å². The summed E-state index contributed by atoms with van der Waals surface area (Å²) in [4.78, 5) is 40.1. The van der Waals surface area contributed by atoms with Crippen molar-refractivity contribution in [2.45, 2.75) is 26.8 Å². The van der Waals surface area contributed by atoms with E-state index in [0.29, 0.717) is 29.9 Å². The normalized spacial score (nSPS) is 10.4. The van der Waals surface area contributed by atoms with Crippen LogP contribution in [0.1, 0.15) is 23.9 Å². The molecule has 2 aromatic carbocycles. The maximum Gasteiger partial charge on any atom is 0.313 e. The highest BCUT2D eigenvalue weighted by atomic mass is 16.2.